The fourth-order valence-electron chi connectivity index (χ4n) is 4.62. The minimum absolute atomic E-state index is 0.152. The standard InChI is InChI=1S/C27H25ClN4O3/c28-21-9-10-22-20(15-21)16-25(29-22)27(34)31-24-4-2-1-3-23(24)30-26(33)19-7-5-17(6-8-19)18-11-13-32(35)14-12-18/h5-16,23-24,29H,1-4H2,(H,30,33)(H,31,34)/t23-,24+/m1/s1. The zero-order chi connectivity index (χ0) is 24.4. The van der Waals surface area contributed by atoms with Crippen LogP contribution in [-0.4, -0.2) is 28.9 Å². The van der Waals surface area contributed by atoms with Gasteiger partial charge < -0.3 is 20.8 Å². The van der Waals surface area contributed by atoms with E-state index >= 15 is 0 Å². The van der Waals surface area contributed by atoms with Crippen molar-refractivity contribution in [2.75, 3.05) is 0 Å². The number of halogens is 1. The Morgan fingerprint density at radius 1 is 0.857 bits per heavy atom. The molecule has 0 bridgehead atoms. The molecule has 1 aliphatic rings. The number of hydrogen-bond acceptors (Lipinski definition) is 3. The highest BCUT2D eigenvalue weighted by Gasteiger charge is 2.28. The van der Waals surface area contributed by atoms with Crippen LogP contribution in [0.5, 0.6) is 0 Å². The van der Waals surface area contributed by atoms with Crippen LogP contribution in [0.2, 0.25) is 5.02 Å². The molecule has 2 heterocycles. The van der Waals surface area contributed by atoms with Crippen molar-refractivity contribution in [1.82, 2.24) is 15.6 Å². The van der Waals surface area contributed by atoms with E-state index in [-0.39, 0.29) is 23.9 Å². The summed E-state index contributed by atoms with van der Waals surface area (Å²) in [6.45, 7) is 0. The maximum Gasteiger partial charge on any atom is 0.268 e. The van der Waals surface area contributed by atoms with Crippen LogP contribution in [0.3, 0.4) is 0 Å². The topological polar surface area (TPSA) is 101 Å². The number of nitrogens with one attached hydrogen (secondary N) is 3. The lowest BCUT2D eigenvalue weighted by atomic mass is 9.90. The van der Waals surface area contributed by atoms with Gasteiger partial charge in [0, 0.05) is 45.7 Å². The molecule has 0 unspecified atom stereocenters. The van der Waals surface area contributed by atoms with Gasteiger partial charge in [-0.1, -0.05) is 36.6 Å². The Bertz CT molecular complexity index is 1370. The lowest BCUT2D eigenvalue weighted by Gasteiger charge is -2.32. The van der Waals surface area contributed by atoms with Crippen molar-refractivity contribution in [3.05, 3.63) is 94.5 Å². The molecule has 7 nitrogen and oxygen atoms in total. The van der Waals surface area contributed by atoms with Gasteiger partial charge in [-0.05, 0) is 60.4 Å². The quantitative estimate of drug-likeness (QED) is 0.283. The maximum atomic E-state index is 13.0. The van der Waals surface area contributed by atoms with Crippen molar-refractivity contribution in [3.63, 3.8) is 0 Å². The summed E-state index contributed by atoms with van der Waals surface area (Å²) in [4.78, 5) is 29.1. The van der Waals surface area contributed by atoms with Crippen LogP contribution >= 0.6 is 11.6 Å². The summed E-state index contributed by atoms with van der Waals surface area (Å²) in [7, 11) is 0. The average Bonchev–Trinajstić information content (AvgIpc) is 3.29. The van der Waals surface area contributed by atoms with Crippen LogP contribution in [-0.2, 0) is 0 Å². The molecule has 0 spiro atoms. The molecule has 0 saturated heterocycles. The van der Waals surface area contributed by atoms with Crippen LogP contribution in [0.25, 0.3) is 22.0 Å². The number of hydrogen-bond donors (Lipinski definition) is 3. The van der Waals surface area contributed by atoms with Gasteiger partial charge in [0.05, 0.1) is 0 Å². The van der Waals surface area contributed by atoms with Gasteiger partial charge >= 0.3 is 0 Å². The van der Waals surface area contributed by atoms with Crippen molar-refractivity contribution in [3.8, 4) is 11.1 Å². The van der Waals surface area contributed by atoms with E-state index in [1.54, 1.807) is 36.4 Å². The first-order valence-electron chi connectivity index (χ1n) is 11.7. The number of aromatic nitrogens is 2. The van der Waals surface area contributed by atoms with E-state index in [2.05, 4.69) is 15.6 Å². The third-order valence-electron chi connectivity index (χ3n) is 6.51. The Hall–Kier alpha value is -3.84. The highest BCUT2D eigenvalue weighted by atomic mass is 35.5. The molecule has 1 fully saturated rings. The first-order chi connectivity index (χ1) is 17.0. The molecule has 2 aromatic heterocycles. The normalized spacial score (nSPS) is 17.7. The molecule has 178 valence electrons. The van der Waals surface area contributed by atoms with E-state index in [4.69, 9.17) is 11.6 Å². The zero-order valence-electron chi connectivity index (χ0n) is 19.0. The van der Waals surface area contributed by atoms with Crippen molar-refractivity contribution in [1.29, 1.82) is 0 Å². The summed E-state index contributed by atoms with van der Waals surface area (Å²) in [5, 5.41) is 19.0. The van der Waals surface area contributed by atoms with E-state index in [1.807, 2.05) is 24.3 Å². The highest BCUT2D eigenvalue weighted by molar-refractivity contribution is 6.31. The fraction of sp³-hybridized carbons (Fsp3) is 0.222. The molecule has 3 N–H and O–H groups in total. The van der Waals surface area contributed by atoms with Gasteiger partial charge in [0.1, 0.15) is 5.69 Å². The number of pyridine rings is 1. The van der Waals surface area contributed by atoms with Gasteiger partial charge in [0.2, 0.25) is 0 Å². The van der Waals surface area contributed by atoms with Crippen LogP contribution in [0.4, 0.5) is 0 Å². The summed E-state index contributed by atoms with van der Waals surface area (Å²) in [5.74, 6) is -0.372. The van der Waals surface area contributed by atoms with E-state index in [9.17, 15) is 14.8 Å². The number of H-pyrrole nitrogens is 1. The highest BCUT2D eigenvalue weighted by Crippen LogP contribution is 2.23. The second-order valence-corrected chi connectivity index (χ2v) is 9.32. The third-order valence-corrected chi connectivity index (χ3v) is 6.74. The minimum atomic E-state index is -0.199. The number of aromatic amines is 1. The van der Waals surface area contributed by atoms with Crippen molar-refractivity contribution in [2.45, 2.75) is 37.8 Å². The molecule has 4 aromatic rings. The Morgan fingerprint density at radius 2 is 1.49 bits per heavy atom. The van der Waals surface area contributed by atoms with E-state index in [0.29, 0.717) is 16.3 Å². The second kappa shape index (κ2) is 9.80. The van der Waals surface area contributed by atoms with E-state index in [0.717, 1.165) is 52.4 Å². The van der Waals surface area contributed by atoms with Crippen LogP contribution < -0.4 is 15.4 Å². The van der Waals surface area contributed by atoms with Gasteiger partial charge in [-0.15, -0.1) is 0 Å². The van der Waals surface area contributed by atoms with E-state index < -0.39 is 0 Å². The molecule has 2 amide bonds. The first-order valence-corrected chi connectivity index (χ1v) is 12.0. The summed E-state index contributed by atoms with van der Waals surface area (Å²) in [6.07, 6.45) is 6.48. The monoisotopic (exact) mass is 488 g/mol. The van der Waals surface area contributed by atoms with Crippen molar-refractivity contribution < 1.29 is 14.3 Å². The maximum absolute atomic E-state index is 13.0. The molecule has 2 atom stereocenters. The lowest BCUT2D eigenvalue weighted by Crippen LogP contribution is -2.53. The molecular formula is C27H25ClN4O3. The molecule has 0 radical (unpaired) electrons. The number of carbonyl (C=O) groups is 2. The number of nitrogens with zero attached hydrogens (tertiary/aromatic N) is 1. The van der Waals surface area contributed by atoms with Crippen LogP contribution in [0.15, 0.2) is 73.1 Å². The summed E-state index contributed by atoms with van der Waals surface area (Å²) >= 11 is 6.06. The number of rotatable bonds is 5. The molecule has 35 heavy (non-hydrogen) atoms. The smallest absolute Gasteiger partial charge is 0.268 e. The fourth-order valence-corrected chi connectivity index (χ4v) is 4.80. The number of fused-ring (bicyclic) bond motifs is 1. The number of amides is 2. The predicted octanol–water partition coefficient (Wildman–Crippen LogP) is 4.59. The first kappa shape index (κ1) is 22.9. The minimum Gasteiger partial charge on any atom is -0.619 e. The van der Waals surface area contributed by atoms with Crippen molar-refractivity contribution in [2.24, 2.45) is 0 Å². The lowest BCUT2D eigenvalue weighted by molar-refractivity contribution is -0.605. The number of benzene rings is 2. The molecule has 5 rings (SSSR count). The van der Waals surface area contributed by atoms with Crippen LogP contribution in [0.1, 0.15) is 46.5 Å². The second-order valence-electron chi connectivity index (χ2n) is 8.88. The largest absolute Gasteiger partial charge is 0.619 e. The molecule has 8 heteroatoms. The molecular weight excluding hydrogens is 464 g/mol. The predicted molar refractivity (Wildman–Crippen MR) is 135 cm³/mol. The zero-order valence-corrected chi connectivity index (χ0v) is 19.7. The Morgan fingerprint density at radius 3 is 2.17 bits per heavy atom. The average molecular weight is 489 g/mol. The number of carbonyl (C=O) groups excluding carboxylic acids is 2. The van der Waals surface area contributed by atoms with Gasteiger partial charge in [0.15, 0.2) is 12.4 Å². The SMILES string of the molecule is O=C(N[C@@H]1CCCC[C@@H]1NC(=O)c1cc2cc(Cl)ccc2[nH]1)c1ccc(-c2cc[n+]([O-])cc2)cc1. The molecule has 1 aliphatic carbocycles. The van der Waals surface area contributed by atoms with Crippen molar-refractivity contribution >= 4 is 34.3 Å². The van der Waals surface area contributed by atoms with Crippen LogP contribution in [0, 0.1) is 5.21 Å². The Balaban J connectivity index is 1.25. The summed E-state index contributed by atoms with van der Waals surface area (Å²) in [6, 6.07) is 17.7. The van der Waals surface area contributed by atoms with E-state index in [1.165, 1.54) is 12.4 Å². The Labute approximate surface area is 207 Å². The summed E-state index contributed by atoms with van der Waals surface area (Å²) in [5.41, 5.74) is 3.69. The molecule has 0 aliphatic heterocycles. The summed E-state index contributed by atoms with van der Waals surface area (Å²) < 4.78 is 0.735. The van der Waals surface area contributed by atoms with Gasteiger partial charge in [-0.25, -0.2) is 0 Å². The molecule has 2 aromatic carbocycles. The van der Waals surface area contributed by atoms with Gasteiger partial charge in [-0.2, -0.15) is 4.73 Å². The van der Waals surface area contributed by atoms with Gasteiger partial charge in [-0.3, -0.25) is 9.59 Å². The van der Waals surface area contributed by atoms with Gasteiger partial charge in [0.25, 0.3) is 11.8 Å². The Kier molecular flexibility index (Phi) is 6.42. The molecule has 1 saturated carbocycles. The third kappa shape index (κ3) is 5.15.